The molecule has 0 radical (unpaired) electrons. The number of carbonyl (C=O) groups excluding carboxylic acids is 1. The zero-order valence-corrected chi connectivity index (χ0v) is 11.8. The van der Waals surface area contributed by atoms with E-state index < -0.39 is 0 Å². The lowest BCUT2D eigenvalue weighted by atomic mass is 9.84. The SMILES string of the molecule is C[C@H]1C[C@@H](C(=O)c2ccccc2)[C@H](c2ccccc2)C1. The predicted octanol–water partition coefficient (Wildman–Crippen LogP) is 4.70. The summed E-state index contributed by atoms with van der Waals surface area (Å²) >= 11 is 0. The molecule has 0 amide bonds. The first-order valence-corrected chi connectivity index (χ1v) is 7.40. The number of ketones is 1. The molecule has 0 heterocycles. The normalized spacial score (nSPS) is 25.6. The molecule has 0 saturated heterocycles. The summed E-state index contributed by atoms with van der Waals surface area (Å²) in [5.41, 5.74) is 2.17. The van der Waals surface area contributed by atoms with E-state index in [1.54, 1.807) is 0 Å². The molecule has 0 N–H and O–H groups in total. The van der Waals surface area contributed by atoms with Crippen molar-refractivity contribution in [2.75, 3.05) is 0 Å². The van der Waals surface area contributed by atoms with Gasteiger partial charge in [0.25, 0.3) is 0 Å². The lowest BCUT2D eigenvalue weighted by Crippen LogP contribution is -2.18. The van der Waals surface area contributed by atoms with Gasteiger partial charge in [0.2, 0.25) is 0 Å². The van der Waals surface area contributed by atoms with Crippen LogP contribution in [0.25, 0.3) is 0 Å². The molecule has 0 spiro atoms. The van der Waals surface area contributed by atoms with Crippen LogP contribution in [0.4, 0.5) is 0 Å². The van der Waals surface area contributed by atoms with Crippen molar-refractivity contribution in [3.63, 3.8) is 0 Å². The summed E-state index contributed by atoms with van der Waals surface area (Å²) in [6.45, 7) is 2.26. The Balaban J connectivity index is 1.89. The predicted molar refractivity (Wildman–Crippen MR) is 81.8 cm³/mol. The third-order valence-corrected chi connectivity index (χ3v) is 4.42. The second-order valence-corrected chi connectivity index (χ2v) is 5.93. The van der Waals surface area contributed by atoms with Crippen molar-refractivity contribution in [3.8, 4) is 0 Å². The molecule has 1 aliphatic rings. The first kappa shape index (κ1) is 13.1. The molecule has 0 aromatic heterocycles. The van der Waals surface area contributed by atoms with Crippen LogP contribution in [0.15, 0.2) is 60.7 Å². The van der Waals surface area contributed by atoms with E-state index >= 15 is 0 Å². The topological polar surface area (TPSA) is 17.1 Å². The van der Waals surface area contributed by atoms with Gasteiger partial charge >= 0.3 is 0 Å². The van der Waals surface area contributed by atoms with E-state index in [0.29, 0.717) is 17.6 Å². The molecular weight excluding hydrogens is 244 g/mol. The lowest BCUT2D eigenvalue weighted by molar-refractivity contribution is 0.0910. The highest BCUT2D eigenvalue weighted by Crippen LogP contribution is 2.44. The molecule has 2 aromatic rings. The second kappa shape index (κ2) is 5.62. The Morgan fingerprint density at radius 3 is 2.15 bits per heavy atom. The van der Waals surface area contributed by atoms with Crippen molar-refractivity contribution in [1.82, 2.24) is 0 Å². The molecule has 3 rings (SSSR count). The van der Waals surface area contributed by atoms with E-state index in [-0.39, 0.29) is 5.92 Å². The Bertz CT molecular complexity index is 573. The van der Waals surface area contributed by atoms with Gasteiger partial charge in [0, 0.05) is 11.5 Å². The summed E-state index contributed by atoms with van der Waals surface area (Å²) in [5, 5.41) is 0. The molecule has 0 aliphatic heterocycles. The lowest BCUT2D eigenvalue weighted by Gasteiger charge is -2.19. The van der Waals surface area contributed by atoms with Crippen molar-refractivity contribution in [1.29, 1.82) is 0 Å². The summed E-state index contributed by atoms with van der Waals surface area (Å²) in [4.78, 5) is 12.8. The fourth-order valence-corrected chi connectivity index (χ4v) is 3.47. The van der Waals surface area contributed by atoms with E-state index in [1.165, 1.54) is 5.56 Å². The first-order chi connectivity index (χ1) is 9.75. The Kier molecular flexibility index (Phi) is 3.68. The monoisotopic (exact) mass is 264 g/mol. The van der Waals surface area contributed by atoms with Gasteiger partial charge in [0.05, 0.1) is 0 Å². The van der Waals surface area contributed by atoms with Crippen molar-refractivity contribution >= 4 is 5.78 Å². The minimum absolute atomic E-state index is 0.134. The van der Waals surface area contributed by atoms with Gasteiger partial charge < -0.3 is 0 Å². The molecule has 1 fully saturated rings. The molecule has 1 aliphatic carbocycles. The third kappa shape index (κ3) is 2.53. The van der Waals surface area contributed by atoms with E-state index in [9.17, 15) is 4.79 Å². The summed E-state index contributed by atoms with van der Waals surface area (Å²) < 4.78 is 0. The molecule has 0 bridgehead atoms. The molecule has 102 valence electrons. The van der Waals surface area contributed by atoms with Crippen LogP contribution in [-0.4, -0.2) is 5.78 Å². The minimum atomic E-state index is 0.134. The van der Waals surface area contributed by atoms with Gasteiger partial charge in [-0.05, 0) is 30.2 Å². The zero-order chi connectivity index (χ0) is 13.9. The number of hydrogen-bond donors (Lipinski definition) is 0. The van der Waals surface area contributed by atoms with Gasteiger partial charge in [0.15, 0.2) is 5.78 Å². The van der Waals surface area contributed by atoms with Crippen LogP contribution in [0.1, 0.15) is 41.6 Å². The molecule has 1 saturated carbocycles. The molecule has 1 nitrogen and oxygen atoms in total. The number of hydrogen-bond acceptors (Lipinski definition) is 1. The van der Waals surface area contributed by atoms with E-state index in [0.717, 1.165) is 18.4 Å². The Hall–Kier alpha value is -1.89. The molecule has 1 heteroatoms. The number of carbonyl (C=O) groups is 1. The summed E-state index contributed by atoms with van der Waals surface area (Å²) in [7, 11) is 0. The van der Waals surface area contributed by atoms with E-state index in [4.69, 9.17) is 0 Å². The highest BCUT2D eigenvalue weighted by Gasteiger charge is 2.37. The van der Waals surface area contributed by atoms with Gasteiger partial charge in [-0.1, -0.05) is 67.6 Å². The zero-order valence-electron chi connectivity index (χ0n) is 11.8. The second-order valence-electron chi connectivity index (χ2n) is 5.93. The standard InChI is InChI=1S/C19H20O/c1-14-12-17(15-8-4-2-5-9-15)18(13-14)19(20)16-10-6-3-7-11-16/h2-11,14,17-18H,12-13H2,1H3/t14-,17+,18-/m1/s1. The molecule has 0 unspecified atom stereocenters. The molecule has 2 aromatic carbocycles. The maximum atomic E-state index is 12.8. The van der Waals surface area contributed by atoms with Gasteiger partial charge in [-0.3, -0.25) is 4.79 Å². The van der Waals surface area contributed by atoms with E-state index in [2.05, 4.69) is 31.2 Å². The quantitative estimate of drug-likeness (QED) is 0.734. The highest BCUT2D eigenvalue weighted by atomic mass is 16.1. The Morgan fingerprint density at radius 2 is 1.50 bits per heavy atom. The Labute approximate surface area is 120 Å². The van der Waals surface area contributed by atoms with Crippen LogP contribution >= 0.6 is 0 Å². The number of benzene rings is 2. The average Bonchev–Trinajstić information content (AvgIpc) is 2.90. The summed E-state index contributed by atoms with van der Waals surface area (Å²) in [6, 6.07) is 20.2. The van der Waals surface area contributed by atoms with E-state index in [1.807, 2.05) is 36.4 Å². The number of Topliss-reactive ketones (excluding diaryl/α,β-unsaturated/α-hetero) is 1. The van der Waals surface area contributed by atoms with Gasteiger partial charge in [-0.15, -0.1) is 0 Å². The largest absolute Gasteiger partial charge is 0.294 e. The van der Waals surface area contributed by atoms with Gasteiger partial charge in [-0.2, -0.15) is 0 Å². The van der Waals surface area contributed by atoms with Crippen LogP contribution in [0.5, 0.6) is 0 Å². The fourth-order valence-electron chi connectivity index (χ4n) is 3.47. The fraction of sp³-hybridized carbons (Fsp3) is 0.316. The van der Waals surface area contributed by atoms with Crippen LogP contribution in [0, 0.1) is 11.8 Å². The molecular formula is C19H20O. The Morgan fingerprint density at radius 1 is 0.900 bits per heavy atom. The van der Waals surface area contributed by atoms with Crippen LogP contribution < -0.4 is 0 Å². The van der Waals surface area contributed by atoms with Crippen molar-refractivity contribution in [3.05, 3.63) is 71.8 Å². The minimum Gasteiger partial charge on any atom is -0.294 e. The van der Waals surface area contributed by atoms with Crippen LogP contribution in [0.2, 0.25) is 0 Å². The molecule has 20 heavy (non-hydrogen) atoms. The summed E-state index contributed by atoms with van der Waals surface area (Å²) in [5.74, 6) is 1.44. The van der Waals surface area contributed by atoms with Crippen molar-refractivity contribution < 1.29 is 4.79 Å². The average molecular weight is 264 g/mol. The first-order valence-electron chi connectivity index (χ1n) is 7.40. The molecule has 3 atom stereocenters. The third-order valence-electron chi connectivity index (χ3n) is 4.42. The highest BCUT2D eigenvalue weighted by molar-refractivity contribution is 5.98. The van der Waals surface area contributed by atoms with Crippen LogP contribution in [0.3, 0.4) is 0 Å². The van der Waals surface area contributed by atoms with Gasteiger partial charge in [0.1, 0.15) is 0 Å². The van der Waals surface area contributed by atoms with Crippen LogP contribution in [-0.2, 0) is 0 Å². The summed E-state index contributed by atoms with van der Waals surface area (Å²) in [6.07, 6.45) is 2.13. The maximum Gasteiger partial charge on any atom is 0.166 e. The maximum absolute atomic E-state index is 12.8. The van der Waals surface area contributed by atoms with Crippen molar-refractivity contribution in [2.24, 2.45) is 11.8 Å². The van der Waals surface area contributed by atoms with Gasteiger partial charge in [-0.25, -0.2) is 0 Å². The number of rotatable bonds is 3. The smallest absolute Gasteiger partial charge is 0.166 e. The van der Waals surface area contributed by atoms with Crippen molar-refractivity contribution in [2.45, 2.75) is 25.7 Å².